The molecule has 2 rings (SSSR count). The maximum absolute atomic E-state index is 11.2. The molecule has 0 unspecified atom stereocenters. The van der Waals surface area contributed by atoms with Crippen molar-refractivity contribution >= 4 is 0 Å². The first-order valence-electron chi connectivity index (χ1n) is 7.44. The molecular formula is C16H26O3. The predicted molar refractivity (Wildman–Crippen MR) is 77.5 cm³/mol. The van der Waals surface area contributed by atoms with Gasteiger partial charge in [0.1, 0.15) is 5.75 Å². The van der Waals surface area contributed by atoms with Gasteiger partial charge < -0.3 is 9.52 Å². The summed E-state index contributed by atoms with van der Waals surface area (Å²) in [5.41, 5.74) is -0.00917. The molecular weight excluding hydrogens is 240 g/mol. The lowest BCUT2D eigenvalue weighted by Crippen LogP contribution is -2.06. The Bertz CT molecular complexity index is 405. The predicted octanol–water partition coefficient (Wildman–Crippen LogP) is 4.27. The van der Waals surface area contributed by atoms with Crippen molar-refractivity contribution in [2.24, 2.45) is 5.92 Å². The van der Waals surface area contributed by atoms with Gasteiger partial charge in [0.05, 0.1) is 11.8 Å². The molecule has 1 aliphatic carbocycles. The molecule has 0 spiro atoms. The highest BCUT2D eigenvalue weighted by molar-refractivity contribution is 5.26. The molecule has 0 saturated heterocycles. The first-order valence-corrected chi connectivity index (χ1v) is 7.44. The van der Waals surface area contributed by atoms with Crippen LogP contribution < -0.4 is 5.63 Å². The molecule has 0 aromatic carbocycles. The molecule has 0 radical (unpaired) electrons. The highest BCUT2D eigenvalue weighted by atomic mass is 16.4. The van der Waals surface area contributed by atoms with Crippen molar-refractivity contribution in [3.8, 4) is 5.75 Å². The van der Waals surface area contributed by atoms with Crippen LogP contribution >= 0.6 is 0 Å². The van der Waals surface area contributed by atoms with Gasteiger partial charge in [-0.15, -0.1) is 0 Å². The van der Waals surface area contributed by atoms with Crippen LogP contribution in [0.2, 0.25) is 0 Å². The zero-order chi connectivity index (χ0) is 14.1. The summed E-state index contributed by atoms with van der Waals surface area (Å²) in [6.07, 6.45) is 10.6. The van der Waals surface area contributed by atoms with Crippen LogP contribution in [0.1, 0.15) is 64.4 Å². The second kappa shape index (κ2) is 8.78. The van der Waals surface area contributed by atoms with Gasteiger partial charge in [-0.05, 0) is 18.8 Å². The number of hydrogen-bond acceptors (Lipinski definition) is 3. The third kappa shape index (κ3) is 5.95. The minimum Gasteiger partial charge on any atom is -0.507 e. The monoisotopic (exact) mass is 266 g/mol. The molecule has 108 valence electrons. The molecule has 1 saturated carbocycles. The van der Waals surface area contributed by atoms with Gasteiger partial charge in [-0.1, -0.05) is 52.4 Å². The van der Waals surface area contributed by atoms with E-state index in [1.807, 2.05) is 0 Å². The molecule has 1 N–H and O–H groups in total. The van der Waals surface area contributed by atoms with E-state index in [1.54, 1.807) is 0 Å². The van der Waals surface area contributed by atoms with Crippen molar-refractivity contribution in [2.75, 3.05) is 0 Å². The zero-order valence-corrected chi connectivity index (χ0v) is 12.2. The van der Waals surface area contributed by atoms with Crippen molar-refractivity contribution in [3.05, 3.63) is 28.3 Å². The SMILES string of the molecule is CC1CCC1.CCCCCCc1c(O)ccoc1=O. The van der Waals surface area contributed by atoms with Crippen molar-refractivity contribution in [3.63, 3.8) is 0 Å². The molecule has 1 fully saturated rings. The van der Waals surface area contributed by atoms with Gasteiger partial charge in [0, 0.05) is 6.07 Å². The Kier molecular flexibility index (Phi) is 7.31. The highest BCUT2D eigenvalue weighted by Crippen LogP contribution is 2.24. The Balaban J connectivity index is 0.000000300. The summed E-state index contributed by atoms with van der Waals surface area (Å²) in [5, 5.41) is 9.39. The average molecular weight is 266 g/mol. The fourth-order valence-electron chi connectivity index (χ4n) is 2.01. The lowest BCUT2D eigenvalue weighted by molar-refractivity contribution is 0.346. The van der Waals surface area contributed by atoms with Crippen molar-refractivity contribution < 1.29 is 9.52 Å². The Labute approximate surface area is 115 Å². The smallest absolute Gasteiger partial charge is 0.342 e. The van der Waals surface area contributed by atoms with Gasteiger partial charge in [0.25, 0.3) is 0 Å². The molecule has 19 heavy (non-hydrogen) atoms. The van der Waals surface area contributed by atoms with E-state index >= 15 is 0 Å². The fraction of sp³-hybridized carbons (Fsp3) is 0.688. The molecule has 1 aromatic heterocycles. The maximum Gasteiger partial charge on any atom is 0.342 e. The fourth-order valence-corrected chi connectivity index (χ4v) is 2.01. The van der Waals surface area contributed by atoms with Crippen LogP contribution in [0.5, 0.6) is 5.75 Å². The zero-order valence-electron chi connectivity index (χ0n) is 12.2. The van der Waals surface area contributed by atoms with Crippen LogP contribution in [0.15, 0.2) is 21.5 Å². The second-order valence-electron chi connectivity index (χ2n) is 5.42. The first-order chi connectivity index (χ1) is 9.15. The van der Waals surface area contributed by atoms with E-state index in [1.165, 1.54) is 38.0 Å². The van der Waals surface area contributed by atoms with Gasteiger partial charge in [0.2, 0.25) is 0 Å². The standard InChI is InChI=1S/C11H16O3.C5H10/c1-2-3-4-5-6-9-10(12)7-8-14-11(9)13;1-5-3-2-4-5/h7-8,12H,2-6H2,1H3;5H,2-4H2,1H3. The number of unbranched alkanes of at least 4 members (excludes halogenated alkanes) is 3. The van der Waals surface area contributed by atoms with Crippen molar-refractivity contribution in [1.82, 2.24) is 0 Å². The molecule has 0 aliphatic heterocycles. The van der Waals surface area contributed by atoms with Gasteiger partial charge in [-0.25, -0.2) is 4.79 Å². The van der Waals surface area contributed by atoms with E-state index in [0.717, 1.165) is 25.2 Å². The summed E-state index contributed by atoms with van der Waals surface area (Å²) in [5.74, 6) is 1.12. The summed E-state index contributed by atoms with van der Waals surface area (Å²) in [6.45, 7) is 4.44. The molecule has 1 aliphatic rings. The Morgan fingerprint density at radius 1 is 1.32 bits per heavy atom. The minimum atomic E-state index is -0.415. The largest absolute Gasteiger partial charge is 0.507 e. The van der Waals surface area contributed by atoms with Crippen molar-refractivity contribution in [1.29, 1.82) is 0 Å². The Morgan fingerprint density at radius 3 is 2.47 bits per heavy atom. The third-order valence-electron chi connectivity index (χ3n) is 3.63. The Hall–Kier alpha value is -1.25. The van der Waals surface area contributed by atoms with E-state index in [9.17, 15) is 9.90 Å². The van der Waals surface area contributed by atoms with E-state index in [0.29, 0.717) is 12.0 Å². The molecule has 0 bridgehead atoms. The van der Waals surface area contributed by atoms with Crippen molar-refractivity contribution in [2.45, 2.75) is 65.2 Å². The number of rotatable bonds is 5. The summed E-state index contributed by atoms with van der Waals surface area (Å²) in [6, 6.07) is 1.41. The highest BCUT2D eigenvalue weighted by Gasteiger charge is 2.09. The van der Waals surface area contributed by atoms with Crippen LogP contribution in [-0.4, -0.2) is 5.11 Å². The molecule has 3 nitrogen and oxygen atoms in total. The van der Waals surface area contributed by atoms with Crippen LogP contribution in [0.25, 0.3) is 0 Å². The van der Waals surface area contributed by atoms with E-state index in [4.69, 9.17) is 0 Å². The second-order valence-corrected chi connectivity index (χ2v) is 5.42. The third-order valence-corrected chi connectivity index (χ3v) is 3.63. The molecule has 1 heterocycles. The quantitative estimate of drug-likeness (QED) is 0.809. The normalized spacial score (nSPS) is 14.4. The average Bonchev–Trinajstić information content (AvgIpc) is 2.36. The summed E-state index contributed by atoms with van der Waals surface area (Å²) < 4.78 is 4.68. The Morgan fingerprint density at radius 2 is 2.00 bits per heavy atom. The molecule has 0 amide bonds. The van der Waals surface area contributed by atoms with Gasteiger partial charge >= 0.3 is 5.63 Å². The van der Waals surface area contributed by atoms with Crippen LogP contribution in [-0.2, 0) is 6.42 Å². The van der Waals surface area contributed by atoms with Crippen LogP contribution in [0.4, 0.5) is 0 Å². The lowest BCUT2D eigenvalue weighted by atomic mass is 9.88. The van der Waals surface area contributed by atoms with E-state index in [-0.39, 0.29) is 5.75 Å². The molecule has 3 heteroatoms. The topological polar surface area (TPSA) is 50.4 Å². The van der Waals surface area contributed by atoms with Gasteiger partial charge in [-0.3, -0.25) is 0 Å². The minimum absolute atomic E-state index is 0.0535. The summed E-state index contributed by atoms with van der Waals surface area (Å²) >= 11 is 0. The summed E-state index contributed by atoms with van der Waals surface area (Å²) in [7, 11) is 0. The first kappa shape index (κ1) is 15.8. The number of hydrogen-bond donors (Lipinski definition) is 1. The maximum atomic E-state index is 11.2. The van der Waals surface area contributed by atoms with Crippen LogP contribution in [0, 0.1) is 5.92 Å². The van der Waals surface area contributed by atoms with E-state index < -0.39 is 5.63 Å². The number of aromatic hydroxyl groups is 1. The molecule has 0 atom stereocenters. The lowest BCUT2D eigenvalue weighted by Gasteiger charge is -2.18. The van der Waals surface area contributed by atoms with Gasteiger partial charge in [-0.2, -0.15) is 0 Å². The van der Waals surface area contributed by atoms with Crippen LogP contribution in [0.3, 0.4) is 0 Å². The summed E-state index contributed by atoms with van der Waals surface area (Å²) in [4.78, 5) is 11.2. The molecule has 1 aromatic rings. The van der Waals surface area contributed by atoms with E-state index in [2.05, 4.69) is 18.3 Å². The van der Waals surface area contributed by atoms with Gasteiger partial charge in [0.15, 0.2) is 0 Å².